The largest absolute Gasteiger partial charge is 0.388 e. The molecule has 1 fully saturated rings. The van der Waals surface area contributed by atoms with Crippen LogP contribution in [0.3, 0.4) is 0 Å². The first kappa shape index (κ1) is 11.9. The van der Waals surface area contributed by atoms with Crippen LogP contribution in [0.15, 0.2) is 0 Å². The van der Waals surface area contributed by atoms with Gasteiger partial charge >= 0.3 is 0 Å². The molecule has 1 rings (SSSR count). The lowest BCUT2D eigenvalue weighted by atomic mass is 9.93. The summed E-state index contributed by atoms with van der Waals surface area (Å²) in [6.45, 7) is 4.37. The van der Waals surface area contributed by atoms with Gasteiger partial charge in [-0.25, -0.2) is 0 Å². The van der Waals surface area contributed by atoms with Crippen LogP contribution in [0, 0.1) is 5.92 Å². The molecule has 14 heavy (non-hydrogen) atoms. The molecule has 1 aliphatic heterocycles. The van der Waals surface area contributed by atoms with Crippen LogP contribution in [0.1, 0.15) is 20.3 Å². The predicted octanol–water partition coefficient (Wildman–Crippen LogP) is 0.168. The van der Waals surface area contributed by atoms with Crippen LogP contribution >= 0.6 is 0 Å². The molecule has 0 aromatic carbocycles. The van der Waals surface area contributed by atoms with E-state index in [1.54, 1.807) is 0 Å². The minimum atomic E-state index is -0.836. The molecule has 84 valence electrons. The molecule has 0 aliphatic carbocycles. The highest BCUT2D eigenvalue weighted by atomic mass is 16.6. The molecule has 0 radical (unpaired) electrons. The quantitative estimate of drug-likeness (QED) is 0.688. The van der Waals surface area contributed by atoms with E-state index in [2.05, 4.69) is 13.8 Å². The molecule has 0 spiro atoms. The van der Waals surface area contributed by atoms with Crippen molar-refractivity contribution in [1.82, 2.24) is 0 Å². The van der Waals surface area contributed by atoms with E-state index in [0.29, 0.717) is 5.92 Å². The maximum atomic E-state index is 9.67. The van der Waals surface area contributed by atoms with Gasteiger partial charge in [-0.1, -0.05) is 13.8 Å². The summed E-state index contributed by atoms with van der Waals surface area (Å²) in [5, 5.41) is 19.0. The Bertz CT molecular complexity index is 172. The lowest BCUT2D eigenvalue weighted by molar-refractivity contribution is -0.199. The van der Waals surface area contributed by atoms with Gasteiger partial charge in [0.25, 0.3) is 0 Å². The van der Waals surface area contributed by atoms with Crippen LogP contribution < -0.4 is 0 Å². The van der Waals surface area contributed by atoms with E-state index in [9.17, 15) is 10.2 Å². The number of hydrogen-bond acceptors (Lipinski definition) is 4. The number of ether oxygens (including phenoxy) is 2. The number of methoxy groups -OCH3 is 1. The Morgan fingerprint density at radius 3 is 2.57 bits per heavy atom. The third-order valence-corrected chi connectivity index (χ3v) is 2.55. The first-order chi connectivity index (χ1) is 6.56. The fraction of sp³-hybridized carbons (Fsp3) is 1.00. The van der Waals surface area contributed by atoms with Crippen LogP contribution in [-0.4, -0.2) is 48.3 Å². The van der Waals surface area contributed by atoms with Gasteiger partial charge in [0.15, 0.2) is 0 Å². The summed E-state index contributed by atoms with van der Waals surface area (Å²) in [4.78, 5) is 0. The van der Waals surface area contributed by atoms with E-state index in [-0.39, 0.29) is 12.7 Å². The highest BCUT2D eigenvalue weighted by Crippen LogP contribution is 2.23. The summed E-state index contributed by atoms with van der Waals surface area (Å²) >= 11 is 0. The second-order valence-electron chi connectivity index (χ2n) is 4.26. The van der Waals surface area contributed by atoms with Crippen molar-refractivity contribution in [3.63, 3.8) is 0 Å². The first-order valence-electron chi connectivity index (χ1n) is 5.06. The molecular weight excluding hydrogens is 184 g/mol. The molecule has 0 amide bonds. The van der Waals surface area contributed by atoms with Crippen molar-refractivity contribution in [2.45, 2.75) is 44.7 Å². The molecule has 0 saturated carbocycles. The van der Waals surface area contributed by atoms with Crippen molar-refractivity contribution in [1.29, 1.82) is 0 Å². The van der Waals surface area contributed by atoms with Crippen molar-refractivity contribution in [3.05, 3.63) is 0 Å². The number of aliphatic hydroxyl groups excluding tert-OH is 2. The van der Waals surface area contributed by atoms with Gasteiger partial charge in [0, 0.05) is 7.11 Å². The smallest absolute Gasteiger partial charge is 0.112 e. The van der Waals surface area contributed by atoms with E-state index in [4.69, 9.17) is 9.47 Å². The number of hydrogen-bond donors (Lipinski definition) is 2. The van der Waals surface area contributed by atoms with Crippen LogP contribution in [0.4, 0.5) is 0 Å². The Hall–Kier alpha value is -0.160. The zero-order valence-corrected chi connectivity index (χ0v) is 9.01. The third-order valence-electron chi connectivity index (χ3n) is 2.55. The molecule has 0 bridgehead atoms. The number of rotatable bonds is 3. The normalized spacial score (nSPS) is 39.0. The number of aliphatic hydroxyl groups is 2. The zero-order valence-electron chi connectivity index (χ0n) is 9.01. The van der Waals surface area contributed by atoms with Crippen molar-refractivity contribution in [2.24, 2.45) is 5.92 Å². The van der Waals surface area contributed by atoms with Gasteiger partial charge < -0.3 is 19.7 Å². The molecule has 4 heteroatoms. The highest BCUT2D eigenvalue weighted by Gasteiger charge is 2.38. The van der Waals surface area contributed by atoms with Gasteiger partial charge in [0.05, 0.1) is 12.7 Å². The first-order valence-corrected chi connectivity index (χ1v) is 5.06. The van der Waals surface area contributed by atoms with E-state index < -0.39 is 18.3 Å². The van der Waals surface area contributed by atoms with E-state index in [1.165, 1.54) is 7.11 Å². The molecule has 1 aliphatic rings. The van der Waals surface area contributed by atoms with Crippen molar-refractivity contribution in [2.75, 3.05) is 13.7 Å². The Labute approximate surface area is 84.8 Å². The monoisotopic (exact) mass is 204 g/mol. The van der Waals surface area contributed by atoms with Crippen LogP contribution in [-0.2, 0) is 9.47 Å². The lowest BCUT2D eigenvalue weighted by Gasteiger charge is -2.38. The van der Waals surface area contributed by atoms with Gasteiger partial charge in [0.1, 0.15) is 18.3 Å². The molecule has 2 N–H and O–H groups in total. The fourth-order valence-corrected chi connectivity index (χ4v) is 1.81. The van der Waals surface area contributed by atoms with E-state index in [0.717, 1.165) is 6.42 Å². The maximum Gasteiger partial charge on any atom is 0.112 e. The Morgan fingerprint density at radius 2 is 2.07 bits per heavy atom. The Morgan fingerprint density at radius 1 is 1.43 bits per heavy atom. The molecule has 4 nitrogen and oxygen atoms in total. The van der Waals surface area contributed by atoms with E-state index >= 15 is 0 Å². The molecule has 1 saturated heterocycles. The second-order valence-corrected chi connectivity index (χ2v) is 4.26. The van der Waals surface area contributed by atoms with Gasteiger partial charge in [-0.15, -0.1) is 0 Å². The highest BCUT2D eigenvalue weighted by molar-refractivity contribution is 4.88. The molecule has 0 aromatic heterocycles. The standard InChI is InChI=1S/C10H20O4/c1-6(2)4-8-10(13-3)9(12)7(11)5-14-8/h6-12H,4-5H2,1-3H3/t7-,8+,9-,10-/m0/s1. The van der Waals surface area contributed by atoms with Gasteiger partial charge in [-0.2, -0.15) is 0 Å². The average Bonchev–Trinajstić information content (AvgIpc) is 2.11. The van der Waals surface area contributed by atoms with Gasteiger partial charge in [-0.05, 0) is 12.3 Å². The van der Waals surface area contributed by atoms with Crippen LogP contribution in [0.2, 0.25) is 0 Å². The average molecular weight is 204 g/mol. The maximum absolute atomic E-state index is 9.67. The van der Waals surface area contributed by atoms with Crippen molar-refractivity contribution < 1.29 is 19.7 Å². The van der Waals surface area contributed by atoms with Crippen molar-refractivity contribution in [3.8, 4) is 0 Å². The summed E-state index contributed by atoms with van der Waals surface area (Å²) in [7, 11) is 1.53. The Kier molecular flexibility index (Phi) is 4.31. The van der Waals surface area contributed by atoms with E-state index in [1.807, 2.05) is 0 Å². The lowest BCUT2D eigenvalue weighted by Crippen LogP contribution is -2.53. The summed E-state index contributed by atoms with van der Waals surface area (Å²) in [5.41, 5.74) is 0. The topological polar surface area (TPSA) is 58.9 Å². The minimum Gasteiger partial charge on any atom is -0.388 e. The molecule has 1 heterocycles. The van der Waals surface area contributed by atoms with Gasteiger partial charge in [-0.3, -0.25) is 0 Å². The minimum absolute atomic E-state index is 0.113. The summed E-state index contributed by atoms with van der Waals surface area (Å²) in [6.07, 6.45) is -1.36. The van der Waals surface area contributed by atoms with Crippen LogP contribution in [0.25, 0.3) is 0 Å². The summed E-state index contributed by atoms with van der Waals surface area (Å²) in [5.74, 6) is 0.486. The zero-order chi connectivity index (χ0) is 10.7. The van der Waals surface area contributed by atoms with Crippen molar-refractivity contribution >= 4 is 0 Å². The molecular formula is C10H20O4. The summed E-state index contributed by atoms with van der Waals surface area (Å²) < 4.78 is 10.6. The Balaban J connectivity index is 2.57. The predicted molar refractivity (Wildman–Crippen MR) is 52.0 cm³/mol. The summed E-state index contributed by atoms with van der Waals surface area (Å²) in [6, 6.07) is 0. The van der Waals surface area contributed by atoms with Gasteiger partial charge in [0.2, 0.25) is 0 Å². The third kappa shape index (κ3) is 2.67. The molecule has 4 atom stereocenters. The molecule has 0 aromatic rings. The molecule has 0 unspecified atom stereocenters. The fourth-order valence-electron chi connectivity index (χ4n) is 1.81. The van der Waals surface area contributed by atoms with Crippen LogP contribution in [0.5, 0.6) is 0 Å². The second kappa shape index (κ2) is 5.07. The SMILES string of the molecule is CO[C@@H]1[C@@H](O)[C@@H](O)CO[C@@H]1CC(C)C.